The zero-order valence-electron chi connectivity index (χ0n) is 21.9. The van der Waals surface area contributed by atoms with Crippen molar-refractivity contribution in [2.75, 3.05) is 0 Å². The number of para-hydroxylation sites is 2. The molecule has 2 aromatic carbocycles. The second kappa shape index (κ2) is 21.7. The molecule has 6 nitrogen and oxygen atoms in total. The molecule has 0 saturated carbocycles. The molecule has 0 unspecified atom stereocenters. The fraction of sp³-hybridized carbons (Fsp3) is 0.0857. The molecule has 0 spiro atoms. The van der Waals surface area contributed by atoms with Gasteiger partial charge in [-0.2, -0.15) is 36.4 Å². The molecule has 10 heteroatoms. The molecule has 0 aliphatic carbocycles. The molecule has 0 radical (unpaired) electrons. The Bertz CT molecular complexity index is 1880. The number of pyridine rings is 4. The van der Waals surface area contributed by atoms with Crippen molar-refractivity contribution in [1.29, 1.82) is 0 Å². The van der Waals surface area contributed by atoms with Crippen molar-refractivity contribution >= 4 is 81.5 Å². The molecule has 0 amide bonds. The van der Waals surface area contributed by atoms with Crippen LogP contribution in [0.2, 0.25) is 0 Å². The van der Waals surface area contributed by atoms with Gasteiger partial charge in [-0.3, -0.25) is 15.0 Å². The van der Waals surface area contributed by atoms with Crippen molar-refractivity contribution in [2.24, 2.45) is 0 Å². The average Bonchev–Trinajstić information content (AvgIpc) is 3.63. The van der Waals surface area contributed by atoms with E-state index in [9.17, 15) is 0 Å². The van der Waals surface area contributed by atoms with E-state index in [1.54, 1.807) is 51.2 Å². The number of fused-ring (bicyclic) bond motifs is 6. The van der Waals surface area contributed by atoms with Crippen molar-refractivity contribution in [3.63, 3.8) is 0 Å². The van der Waals surface area contributed by atoms with E-state index in [0.29, 0.717) is 0 Å². The van der Waals surface area contributed by atoms with Gasteiger partial charge in [-0.1, -0.05) is 52.2 Å². The second-order valence-corrected chi connectivity index (χ2v) is 8.17. The molecule has 0 atom stereocenters. The minimum Gasteiger partial charge on any atom is -0.482 e. The van der Waals surface area contributed by atoms with Crippen LogP contribution < -0.4 is 0 Å². The molecule has 0 aliphatic rings. The van der Waals surface area contributed by atoms with Crippen LogP contribution in [0, 0.1) is 12.3 Å². The molecule has 8 aromatic rings. The molecular formula is C35H33BrCuIN4O2Zn-. The fourth-order valence-electron chi connectivity index (χ4n) is 4.10. The van der Waals surface area contributed by atoms with E-state index in [0.717, 1.165) is 55.4 Å². The molecule has 0 bridgehead atoms. The van der Waals surface area contributed by atoms with E-state index in [1.807, 2.05) is 91.0 Å². The van der Waals surface area contributed by atoms with E-state index in [-0.39, 0.29) is 58.7 Å². The van der Waals surface area contributed by atoms with E-state index in [1.165, 1.54) is 0 Å². The number of furan rings is 2. The minimum absolute atomic E-state index is 0. The van der Waals surface area contributed by atoms with Crippen molar-refractivity contribution in [3.8, 4) is 11.3 Å². The van der Waals surface area contributed by atoms with Gasteiger partial charge in [-0.05, 0) is 48.5 Å². The third-order valence-electron chi connectivity index (χ3n) is 5.77. The van der Waals surface area contributed by atoms with Crippen molar-refractivity contribution in [3.05, 3.63) is 134 Å². The second-order valence-electron chi connectivity index (χ2n) is 8.17. The Hall–Kier alpha value is -3.01. The molecule has 45 heavy (non-hydrogen) atoms. The normalized spacial score (nSPS) is 9.13. The van der Waals surface area contributed by atoms with Crippen LogP contribution in [0.25, 0.3) is 55.4 Å². The predicted molar refractivity (Wildman–Crippen MR) is 193 cm³/mol. The van der Waals surface area contributed by atoms with Crippen LogP contribution >= 0.6 is 37.3 Å². The Morgan fingerprint density at radius 3 is 1.84 bits per heavy atom. The molecule has 8 rings (SSSR count). The summed E-state index contributed by atoms with van der Waals surface area (Å²) in [4.78, 5) is 16.7. The number of rotatable bonds is 1. The Balaban J connectivity index is 0.000000656. The first-order valence-corrected chi connectivity index (χ1v) is 15.1. The molecule has 0 aliphatic heterocycles. The monoisotopic (exact) mass is 874 g/mol. The molecule has 6 aromatic heterocycles. The van der Waals surface area contributed by atoms with Gasteiger partial charge in [-0.15, -0.1) is 23.0 Å². The van der Waals surface area contributed by atoms with E-state index >= 15 is 0 Å². The molecular weight excluding hydrogens is 844 g/mol. The van der Waals surface area contributed by atoms with E-state index in [4.69, 9.17) is 8.83 Å². The Labute approximate surface area is 307 Å². The number of hydrogen-bond acceptors (Lipinski definition) is 6. The van der Waals surface area contributed by atoms with Crippen LogP contribution in [0.1, 0.15) is 22.3 Å². The third kappa shape index (κ3) is 10.2. The quantitative estimate of drug-likeness (QED) is 0.0929. The summed E-state index contributed by atoms with van der Waals surface area (Å²) in [6, 6.07) is 33.8. The molecule has 6 heterocycles. The van der Waals surface area contributed by atoms with Crippen LogP contribution in [0.15, 0.2) is 131 Å². The molecule has 0 saturated heterocycles. The van der Waals surface area contributed by atoms with Crippen LogP contribution in [0.5, 0.6) is 0 Å². The third-order valence-corrected chi connectivity index (χ3v) is 5.77. The molecule has 0 fully saturated rings. The Kier molecular flexibility index (Phi) is 20.2. The van der Waals surface area contributed by atoms with Gasteiger partial charge in [0.25, 0.3) is 0 Å². The fourth-order valence-corrected chi connectivity index (χ4v) is 4.10. The summed E-state index contributed by atoms with van der Waals surface area (Å²) in [5.41, 5.74) is 6.96. The maximum Gasteiger partial charge on any atom is 0.153 e. The number of nitrogens with zero attached hydrogens (tertiary/aromatic N) is 4. The topological polar surface area (TPSA) is 77.8 Å². The first kappa shape index (κ1) is 42.0. The van der Waals surface area contributed by atoms with E-state index in [2.05, 4.69) is 45.0 Å². The first-order chi connectivity index (χ1) is 19.9. The summed E-state index contributed by atoms with van der Waals surface area (Å²) in [6.07, 6.45) is 9.67. The van der Waals surface area contributed by atoms with Gasteiger partial charge in [0.2, 0.25) is 0 Å². The maximum absolute atomic E-state index is 5.94. The van der Waals surface area contributed by atoms with Crippen LogP contribution in [0.3, 0.4) is 0 Å². The summed E-state index contributed by atoms with van der Waals surface area (Å²) in [6.45, 7) is 0. The number of hydrogen-bond donors (Lipinski definition) is 0. The standard InChI is InChI=1S/C16H10N2O.C11H6NO.C5H4N.3CH4.BrH.Cu.HI.Zn/c1-2-9-17-13(7-1)11-5-3-6-12-15-14(19-16(11)12)8-4-10-18-15;1-2-5-9-8(4-1)11-10(13-9)6-3-7-12-11;1-2-4-6-5-3-1;;;;;;;/h1-10H;1-4,6-7H;1-4H;3*1H4;1H;;1H;/q;2*-1;;;;;+2;;/p-1. The zero-order valence-corrected chi connectivity index (χ0v) is 29.7. The van der Waals surface area contributed by atoms with Gasteiger partial charge in [-0.25, -0.2) is 0 Å². The SMILES string of the molecule is Br.C.C.C.[Cu+][I].[Zn].[c-]1cccc2c1oc1cccnc12.[c-]1ccccn1.c1ccc(-c2cccc3c2oc2cccnc23)nc1. The molecule has 233 valence electrons. The first-order valence-electron chi connectivity index (χ1n) is 12.1. The zero-order chi connectivity index (χ0) is 27.6. The summed E-state index contributed by atoms with van der Waals surface area (Å²) in [5.74, 6) is 0. The maximum atomic E-state index is 5.94. The minimum atomic E-state index is 0. The van der Waals surface area contributed by atoms with Crippen molar-refractivity contribution in [1.82, 2.24) is 19.9 Å². The van der Waals surface area contributed by atoms with Crippen LogP contribution in [-0.4, -0.2) is 19.9 Å². The van der Waals surface area contributed by atoms with Gasteiger partial charge < -0.3 is 13.8 Å². The van der Waals surface area contributed by atoms with Gasteiger partial charge in [0.05, 0.1) is 11.2 Å². The largest absolute Gasteiger partial charge is 0.482 e. The van der Waals surface area contributed by atoms with Gasteiger partial charge in [0.15, 0.2) is 5.58 Å². The Morgan fingerprint density at radius 2 is 1.24 bits per heavy atom. The number of aromatic nitrogens is 4. The van der Waals surface area contributed by atoms with Crippen molar-refractivity contribution in [2.45, 2.75) is 22.3 Å². The summed E-state index contributed by atoms with van der Waals surface area (Å²) in [5, 5.41) is 2.05. The van der Waals surface area contributed by atoms with Gasteiger partial charge in [0.1, 0.15) is 16.7 Å². The summed E-state index contributed by atoms with van der Waals surface area (Å²) < 4.78 is 11.5. The number of halogens is 2. The smallest absolute Gasteiger partial charge is 0.153 e. The predicted octanol–water partition coefficient (Wildman–Crippen LogP) is 11.1. The van der Waals surface area contributed by atoms with E-state index < -0.39 is 0 Å². The molecule has 0 N–H and O–H groups in total. The van der Waals surface area contributed by atoms with Crippen LogP contribution in [-0.2, 0) is 32.2 Å². The summed E-state index contributed by atoms with van der Waals surface area (Å²) >= 11 is 5.87. The average molecular weight is 877 g/mol. The van der Waals surface area contributed by atoms with Gasteiger partial charge in [0, 0.05) is 54.6 Å². The van der Waals surface area contributed by atoms with Crippen molar-refractivity contribution < 1.29 is 41.1 Å². The van der Waals surface area contributed by atoms with Crippen LogP contribution in [0.4, 0.5) is 0 Å². The van der Waals surface area contributed by atoms with Gasteiger partial charge >= 0.3 is 33.1 Å². The summed E-state index contributed by atoms with van der Waals surface area (Å²) in [7, 11) is 0. The number of benzene rings is 2. The Morgan fingerprint density at radius 1 is 0.600 bits per heavy atom.